The normalized spacial score (nSPS) is 26.9. The third kappa shape index (κ3) is 4.27. The minimum atomic E-state index is 0.121. The molecule has 0 bridgehead atoms. The molecule has 3 nitrogen and oxygen atoms in total. The molecule has 0 heterocycles. The molecule has 1 aliphatic rings. The van der Waals surface area contributed by atoms with Crippen LogP contribution in [-0.4, -0.2) is 11.9 Å². The average Bonchev–Trinajstić information content (AvgIpc) is 2.30. The van der Waals surface area contributed by atoms with Crippen molar-refractivity contribution >= 4 is 11.6 Å². The SMILES string of the molecule is CC1CC(C)CC(NC(=O)Cc2ccc(N)cc2)C1. The van der Waals surface area contributed by atoms with Gasteiger partial charge in [-0.3, -0.25) is 4.79 Å². The molecule has 0 aliphatic heterocycles. The monoisotopic (exact) mass is 260 g/mol. The molecule has 19 heavy (non-hydrogen) atoms. The zero-order valence-corrected chi connectivity index (χ0v) is 11.9. The van der Waals surface area contributed by atoms with Crippen LogP contribution in [0, 0.1) is 11.8 Å². The van der Waals surface area contributed by atoms with Crippen LogP contribution < -0.4 is 11.1 Å². The number of hydrogen-bond donors (Lipinski definition) is 2. The van der Waals surface area contributed by atoms with Gasteiger partial charge in [-0.1, -0.05) is 26.0 Å². The largest absolute Gasteiger partial charge is 0.399 e. The van der Waals surface area contributed by atoms with Gasteiger partial charge in [0.25, 0.3) is 0 Å². The number of anilines is 1. The fraction of sp³-hybridized carbons (Fsp3) is 0.562. The number of hydrogen-bond acceptors (Lipinski definition) is 2. The topological polar surface area (TPSA) is 55.1 Å². The third-order valence-corrected chi connectivity index (χ3v) is 3.89. The summed E-state index contributed by atoms with van der Waals surface area (Å²) in [6, 6.07) is 7.86. The van der Waals surface area contributed by atoms with Gasteiger partial charge in [0.2, 0.25) is 5.91 Å². The van der Waals surface area contributed by atoms with Crippen molar-refractivity contribution in [3.05, 3.63) is 29.8 Å². The van der Waals surface area contributed by atoms with Gasteiger partial charge in [0.05, 0.1) is 6.42 Å². The highest BCUT2D eigenvalue weighted by Gasteiger charge is 2.24. The molecule has 0 aromatic heterocycles. The molecule has 3 heteroatoms. The van der Waals surface area contributed by atoms with E-state index in [4.69, 9.17) is 5.73 Å². The van der Waals surface area contributed by atoms with Gasteiger partial charge in [-0.15, -0.1) is 0 Å². The molecule has 1 aliphatic carbocycles. The molecular formula is C16H24N2O. The first-order valence-electron chi connectivity index (χ1n) is 7.16. The molecule has 1 saturated carbocycles. The summed E-state index contributed by atoms with van der Waals surface area (Å²) in [5, 5.41) is 3.17. The maximum absolute atomic E-state index is 12.0. The minimum absolute atomic E-state index is 0.121. The molecule has 1 aromatic rings. The second-order valence-electron chi connectivity index (χ2n) is 6.10. The summed E-state index contributed by atoms with van der Waals surface area (Å²) < 4.78 is 0. The van der Waals surface area contributed by atoms with E-state index < -0.39 is 0 Å². The number of nitrogens with one attached hydrogen (secondary N) is 1. The van der Waals surface area contributed by atoms with Crippen LogP contribution in [0.2, 0.25) is 0 Å². The van der Waals surface area contributed by atoms with Gasteiger partial charge in [0.1, 0.15) is 0 Å². The first kappa shape index (κ1) is 13.9. The van der Waals surface area contributed by atoms with Gasteiger partial charge in [-0.05, 0) is 48.8 Å². The Labute approximate surface area is 115 Å². The molecule has 1 fully saturated rings. The van der Waals surface area contributed by atoms with Crippen molar-refractivity contribution in [3.8, 4) is 0 Å². The molecule has 0 spiro atoms. The van der Waals surface area contributed by atoms with E-state index in [-0.39, 0.29) is 5.91 Å². The van der Waals surface area contributed by atoms with Crippen molar-refractivity contribution in [2.75, 3.05) is 5.73 Å². The molecule has 104 valence electrons. The molecule has 1 amide bonds. The molecular weight excluding hydrogens is 236 g/mol. The molecule has 0 saturated heterocycles. The van der Waals surface area contributed by atoms with Crippen molar-refractivity contribution in [3.63, 3.8) is 0 Å². The molecule has 2 rings (SSSR count). The lowest BCUT2D eigenvalue weighted by molar-refractivity contribution is -0.121. The van der Waals surface area contributed by atoms with Crippen molar-refractivity contribution in [1.29, 1.82) is 0 Å². The number of nitrogens with two attached hydrogens (primary N) is 1. The maximum atomic E-state index is 12.0. The first-order chi connectivity index (χ1) is 9.02. The minimum Gasteiger partial charge on any atom is -0.399 e. The van der Waals surface area contributed by atoms with Crippen LogP contribution in [0.3, 0.4) is 0 Å². The van der Waals surface area contributed by atoms with Gasteiger partial charge in [-0.2, -0.15) is 0 Å². The van der Waals surface area contributed by atoms with Gasteiger partial charge >= 0.3 is 0 Å². The maximum Gasteiger partial charge on any atom is 0.224 e. The molecule has 2 atom stereocenters. The fourth-order valence-electron chi connectivity index (χ4n) is 3.16. The van der Waals surface area contributed by atoms with E-state index in [1.165, 1.54) is 6.42 Å². The number of carbonyl (C=O) groups excluding carboxylic acids is 1. The summed E-state index contributed by atoms with van der Waals surface area (Å²) in [5.41, 5.74) is 7.39. The molecule has 2 unspecified atom stereocenters. The highest BCUT2D eigenvalue weighted by Crippen LogP contribution is 2.28. The Balaban J connectivity index is 1.85. The Morgan fingerprint density at radius 2 is 1.74 bits per heavy atom. The predicted molar refractivity (Wildman–Crippen MR) is 78.7 cm³/mol. The number of benzene rings is 1. The second-order valence-corrected chi connectivity index (χ2v) is 6.10. The smallest absolute Gasteiger partial charge is 0.224 e. The molecule has 0 radical (unpaired) electrons. The standard InChI is InChI=1S/C16H24N2O/c1-11-7-12(2)9-15(8-11)18-16(19)10-13-3-5-14(17)6-4-13/h3-6,11-12,15H,7-10,17H2,1-2H3,(H,18,19). The van der Waals surface area contributed by atoms with E-state index in [0.29, 0.717) is 24.3 Å². The van der Waals surface area contributed by atoms with Crippen molar-refractivity contribution in [1.82, 2.24) is 5.32 Å². The Bertz CT molecular complexity index is 417. The number of nitrogen functional groups attached to an aromatic ring is 1. The zero-order valence-electron chi connectivity index (χ0n) is 11.9. The van der Waals surface area contributed by atoms with Gasteiger partial charge in [0, 0.05) is 11.7 Å². The van der Waals surface area contributed by atoms with Crippen molar-refractivity contribution in [2.24, 2.45) is 11.8 Å². The lowest BCUT2D eigenvalue weighted by Gasteiger charge is -2.32. The highest BCUT2D eigenvalue weighted by atomic mass is 16.1. The van der Waals surface area contributed by atoms with Crippen molar-refractivity contribution < 1.29 is 4.79 Å². The van der Waals surface area contributed by atoms with Crippen LogP contribution in [0.5, 0.6) is 0 Å². The predicted octanol–water partition coefficient (Wildman–Crippen LogP) is 2.75. The van der Waals surface area contributed by atoms with Crippen LogP contribution in [-0.2, 0) is 11.2 Å². The van der Waals surface area contributed by atoms with E-state index in [0.717, 1.165) is 24.1 Å². The van der Waals surface area contributed by atoms with E-state index >= 15 is 0 Å². The van der Waals surface area contributed by atoms with E-state index in [1.54, 1.807) is 0 Å². The lowest BCUT2D eigenvalue weighted by atomic mass is 9.80. The summed E-state index contributed by atoms with van der Waals surface area (Å²) in [7, 11) is 0. The second kappa shape index (κ2) is 6.09. The van der Waals surface area contributed by atoms with Crippen LogP contribution in [0.1, 0.15) is 38.7 Å². The number of carbonyl (C=O) groups is 1. The summed E-state index contributed by atoms with van der Waals surface area (Å²) in [6.45, 7) is 4.55. The molecule has 1 aromatic carbocycles. The number of rotatable bonds is 3. The quantitative estimate of drug-likeness (QED) is 0.821. The Morgan fingerprint density at radius 1 is 1.16 bits per heavy atom. The summed E-state index contributed by atoms with van der Waals surface area (Å²) >= 11 is 0. The number of amides is 1. The highest BCUT2D eigenvalue weighted by molar-refractivity contribution is 5.79. The summed E-state index contributed by atoms with van der Waals surface area (Å²) in [6.07, 6.45) is 3.94. The Kier molecular flexibility index (Phi) is 4.46. The van der Waals surface area contributed by atoms with Gasteiger partial charge < -0.3 is 11.1 Å². The van der Waals surface area contributed by atoms with Gasteiger partial charge in [0.15, 0.2) is 0 Å². The van der Waals surface area contributed by atoms with Crippen LogP contribution in [0.25, 0.3) is 0 Å². The van der Waals surface area contributed by atoms with E-state index in [9.17, 15) is 4.79 Å². The Hall–Kier alpha value is -1.51. The van der Waals surface area contributed by atoms with E-state index in [2.05, 4.69) is 19.2 Å². The summed E-state index contributed by atoms with van der Waals surface area (Å²) in [4.78, 5) is 12.0. The lowest BCUT2D eigenvalue weighted by Crippen LogP contribution is -2.40. The fourth-order valence-corrected chi connectivity index (χ4v) is 3.16. The van der Waals surface area contributed by atoms with Crippen molar-refractivity contribution in [2.45, 2.75) is 45.6 Å². The Morgan fingerprint density at radius 3 is 2.32 bits per heavy atom. The summed E-state index contributed by atoms with van der Waals surface area (Å²) in [5.74, 6) is 1.55. The zero-order chi connectivity index (χ0) is 13.8. The molecule has 3 N–H and O–H groups in total. The van der Waals surface area contributed by atoms with Crippen LogP contribution >= 0.6 is 0 Å². The van der Waals surface area contributed by atoms with Gasteiger partial charge in [-0.25, -0.2) is 0 Å². The van der Waals surface area contributed by atoms with Crippen LogP contribution in [0.4, 0.5) is 5.69 Å². The third-order valence-electron chi connectivity index (χ3n) is 3.89. The van der Waals surface area contributed by atoms with E-state index in [1.807, 2.05) is 24.3 Å². The average molecular weight is 260 g/mol. The first-order valence-corrected chi connectivity index (χ1v) is 7.16. The van der Waals surface area contributed by atoms with Crippen LogP contribution in [0.15, 0.2) is 24.3 Å².